The maximum atomic E-state index is 4.97. The van der Waals surface area contributed by atoms with E-state index in [1.807, 2.05) is 0 Å². The van der Waals surface area contributed by atoms with Crippen LogP contribution >= 0.6 is 0 Å². The van der Waals surface area contributed by atoms with E-state index in [4.69, 9.17) is 4.99 Å². The first-order valence-corrected chi connectivity index (χ1v) is 6.54. The Labute approximate surface area is 100 Å². The van der Waals surface area contributed by atoms with E-state index in [2.05, 4.69) is 41.5 Å². The SMILES string of the molecule is CC(C)(C)C1=C(C(C)(C)C)C2CCCC2=N1. The molecule has 0 aromatic carbocycles. The van der Waals surface area contributed by atoms with Gasteiger partial charge in [-0.25, -0.2) is 0 Å². The van der Waals surface area contributed by atoms with Crippen molar-refractivity contribution in [1.82, 2.24) is 0 Å². The first-order valence-electron chi connectivity index (χ1n) is 6.54. The first kappa shape index (κ1) is 11.9. The molecular formula is C15H25N. The van der Waals surface area contributed by atoms with E-state index < -0.39 is 0 Å². The second-order valence-electron chi connectivity index (χ2n) is 7.31. The van der Waals surface area contributed by atoms with Gasteiger partial charge in [-0.15, -0.1) is 0 Å². The van der Waals surface area contributed by atoms with Crippen LogP contribution in [0.2, 0.25) is 0 Å². The van der Waals surface area contributed by atoms with Crippen LogP contribution in [0, 0.1) is 16.7 Å². The standard InChI is InChI=1S/C15H25N/c1-14(2,3)12-10-8-7-9-11(10)16-13(12)15(4,5)6/h10H,7-9H2,1-6H3. The Morgan fingerprint density at radius 2 is 1.62 bits per heavy atom. The fourth-order valence-electron chi connectivity index (χ4n) is 3.09. The molecule has 2 aliphatic rings. The van der Waals surface area contributed by atoms with Crippen molar-refractivity contribution < 1.29 is 0 Å². The quantitative estimate of drug-likeness (QED) is 0.565. The van der Waals surface area contributed by atoms with Gasteiger partial charge in [-0.05, 0) is 30.3 Å². The van der Waals surface area contributed by atoms with E-state index in [0.29, 0.717) is 5.92 Å². The molecule has 16 heavy (non-hydrogen) atoms. The zero-order chi connectivity index (χ0) is 12.1. The number of rotatable bonds is 0. The molecule has 0 bridgehead atoms. The molecule has 0 spiro atoms. The predicted molar refractivity (Wildman–Crippen MR) is 70.7 cm³/mol. The van der Waals surface area contributed by atoms with Crippen molar-refractivity contribution in [2.45, 2.75) is 60.8 Å². The minimum atomic E-state index is 0.194. The molecular weight excluding hydrogens is 194 g/mol. The monoisotopic (exact) mass is 219 g/mol. The van der Waals surface area contributed by atoms with E-state index in [-0.39, 0.29) is 10.8 Å². The van der Waals surface area contributed by atoms with Crippen LogP contribution in [0.1, 0.15) is 60.8 Å². The second-order valence-corrected chi connectivity index (χ2v) is 7.31. The van der Waals surface area contributed by atoms with Gasteiger partial charge < -0.3 is 0 Å². The van der Waals surface area contributed by atoms with Crippen LogP contribution in [0.25, 0.3) is 0 Å². The lowest BCUT2D eigenvalue weighted by Gasteiger charge is -2.30. The normalized spacial score (nSPS) is 26.1. The summed E-state index contributed by atoms with van der Waals surface area (Å²) in [5.41, 5.74) is 4.92. The molecule has 1 aliphatic carbocycles. The summed E-state index contributed by atoms with van der Waals surface area (Å²) in [5, 5.41) is 0. The van der Waals surface area contributed by atoms with Gasteiger partial charge in [0.25, 0.3) is 0 Å². The highest BCUT2D eigenvalue weighted by atomic mass is 14.9. The number of hydrogen-bond acceptors (Lipinski definition) is 1. The summed E-state index contributed by atoms with van der Waals surface area (Å²) in [7, 11) is 0. The second kappa shape index (κ2) is 3.45. The molecule has 2 rings (SSSR count). The molecule has 0 saturated heterocycles. The average Bonchev–Trinajstić information content (AvgIpc) is 2.53. The number of fused-ring (bicyclic) bond motifs is 1. The van der Waals surface area contributed by atoms with E-state index in [9.17, 15) is 0 Å². The van der Waals surface area contributed by atoms with Gasteiger partial charge in [0, 0.05) is 22.7 Å². The van der Waals surface area contributed by atoms with Crippen LogP contribution in [-0.2, 0) is 0 Å². The van der Waals surface area contributed by atoms with Gasteiger partial charge in [-0.3, -0.25) is 4.99 Å². The zero-order valence-corrected chi connectivity index (χ0v) is 11.6. The molecule has 1 unspecified atom stereocenters. The smallest absolute Gasteiger partial charge is 0.0460 e. The third kappa shape index (κ3) is 1.85. The van der Waals surface area contributed by atoms with Crippen molar-refractivity contribution in [3.05, 3.63) is 11.3 Å². The van der Waals surface area contributed by atoms with Crippen LogP contribution in [-0.4, -0.2) is 5.71 Å². The van der Waals surface area contributed by atoms with Gasteiger partial charge in [0.1, 0.15) is 0 Å². The molecule has 1 atom stereocenters. The largest absolute Gasteiger partial charge is 0.261 e. The van der Waals surface area contributed by atoms with Gasteiger partial charge >= 0.3 is 0 Å². The lowest BCUT2D eigenvalue weighted by molar-refractivity contribution is 0.419. The number of allylic oxidation sites excluding steroid dienone is 2. The highest BCUT2D eigenvalue weighted by molar-refractivity contribution is 5.94. The summed E-state index contributed by atoms with van der Waals surface area (Å²) in [4.78, 5) is 4.97. The third-order valence-electron chi connectivity index (χ3n) is 3.71. The number of nitrogens with zero attached hydrogens (tertiary/aromatic N) is 1. The molecule has 1 aliphatic heterocycles. The maximum absolute atomic E-state index is 4.97. The average molecular weight is 219 g/mol. The van der Waals surface area contributed by atoms with Crippen molar-refractivity contribution in [3.8, 4) is 0 Å². The Balaban J connectivity index is 2.49. The van der Waals surface area contributed by atoms with Crippen LogP contribution in [0.4, 0.5) is 0 Å². The van der Waals surface area contributed by atoms with Crippen LogP contribution in [0.5, 0.6) is 0 Å². The van der Waals surface area contributed by atoms with Gasteiger partial charge in [-0.2, -0.15) is 0 Å². The van der Waals surface area contributed by atoms with Gasteiger partial charge in [0.05, 0.1) is 0 Å². The molecule has 1 saturated carbocycles. The Bertz CT molecular complexity index is 358. The Morgan fingerprint density at radius 3 is 2.12 bits per heavy atom. The van der Waals surface area contributed by atoms with Crippen LogP contribution in [0.3, 0.4) is 0 Å². The first-order chi connectivity index (χ1) is 7.21. The fourth-order valence-corrected chi connectivity index (χ4v) is 3.09. The molecule has 0 N–H and O–H groups in total. The highest BCUT2D eigenvalue weighted by Gasteiger charge is 2.41. The fraction of sp³-hybridized carbons (Fsp3) is 0.800. The van der Waals surface area contributed by atoms with Gasteiger partial charge in [-0.1, -0.05) is 41.5 Å². The Hall–Kier alpha value is -0.590. The molecule has 0 amide bonds. The molecule has 0 radical (unpaired) electrons. The van der Waals surface area contributed by atoms with Crippen LogP contribution < -0.4 is 0 Å². The number of aliphatic imine (C=N–C) groups is 1. The summed E-state index contributed by atoms with van der Waals surface area (Å²) >= 11 is 0. The lowest BCUT2D eigenvalue weighted by atomic mass is 9.74. The molecule has 0 aromatic heterocycles. The van der Waals surface area contributed by atoms with E-state index in [1.165, 1.54) is 30.7 Å². The van der Waals surface area contributed by atoms with E-state index in [0.717, 1.165) is 0 Å². The van der Waals surface area contributed by atoms with Crippen molar-refractivity contribution >= 4 is 5.71 Å². The molecule has 90 valence electrons. The topological polar surface area (TPSA) is 12.4 Å². The van der Waals surface area contributed by atoms with E-state index in [1.54, 1.807) is 5.57 Å². The molecule has 1 fully saturated rings. The Morgan fingerprint density at radius 1 is 1.00 bits per heavy atom. The minimum Gasteiger partial charge on any atom is -0.261 e. The van der Waals surface area contributed by atoms with E-state index >= 15 is 0 Å². The molecule has 0 aromatic rings. The Kier molecular flexibility index (Phi) is 2.56. The predicted octanol–water partition coefficient (Wildman–Crippen LogP) is 4.59. The molecule has 1 heteroatoms. The summed E-state index contributed by atoms with van der Waals surface area (Å²) in [6.45, 7) is 13.9. The highest BCUT2D eigenvalue weighted by Crippen LogP contribution is 2.49. The van der Waals surface area contributed by atoms with Crippen LogP contribution in [0.15, 0.2) is 16.3 Å². The minimum absolute atomic E-state index is 0.194. The maximum Gasteiger partial charge on any atom is 0.0460 e. The van der Waals surface area contributed by atoms with Crippen molar-refractivity contribution in [1.29, 1.82) is 0 Å². The van der Waals surface area contributed by atoms with Crippen molar-refractivity contribution in [2.24, 2.45) is 21.7 Å². The molecule has 1 heterocycles. The lowest BCUT2D eigenvalue weighted by Crippen LogP contribution is -2.21. The summed E-state index contributed by atoms with van der Waals surface area (Å²) in [5.74, 6) is 0.675. The third-order valence-corrected chi connectivity index (χ3v) is 3.71. The molecule has 1 nitrogen and oxygen atoms in total. The zero-order valence-electron chi connectivity index (χ0n) is 11.6. The summed E-state index contributed by atoms with van der Waals surface area (Å²) in [6, 6.07) is 0. The van der Waals surface area contributed by atoms with Crippen molar-refractivity contribution in [3.63, 3.8) is 0 Å². The number of hydrogen-bond donors (Lipinski definition) is 0. The summed E-state index contributed by atoms with van der Waals surface area (Å²) < 4.78 is 0. The van der Waals surface area contributed by atoms with Gasteiger partial charge in [0.15, 0.2) is 0 Å². The summed E-state index contributed by atoms with van der Waals surface area (Å²) in [6.07, 6.45) is 3.88. The van der Waals surface area contributed by atoms with Gasteiger partial charge in [0.2, 0.25) is 0 Å². The van der Waals surface area contributed by atoms with Crippen molar-refractivity contribution in [2.75, 3.05) is 0 Å².